The van der Waals surface area contributed by atoms with Gasteiger partial charge in [-0.1, -0.05) is 55.2 Å². The van der Waals surface area contributed by atoms with Gasteiger partial charge in [0.2, 0.25) is 53.4 Å². The number of carbonyl (C=O) groups excluding carboxylic acids is 7. The highest BCUT2D eigenvalue weighted by atomic mass is 35.5. The number of nitrogens with one attached hydrogen (secondary N) is 6. The zero-order chi connectivity index (χ0) is 67.1. The highest BCUT2D eigenvalue weighted by Gasteiger charge is 2.47. The number of nitrogens with zero attached hydrogens (tertiary/aromatic N) is 1. The van der Waals surface area contributed by atoms with Crippen LogP contribution in [0.2, 0.25) is 10.0 Å². The fourth-order valence-electron chi connectivity index (χ4n) is 10.9. The largest absolute Gasteiger partial charge is 0.508 e. The van der Waals surface area contributed by atoms with Crippen molar-refractivity contribution < 1.29 is 108 Å². The Hall–Kier alpha value is -9.08. The minimum absolute atomic E-state index is 0.0779. The van der Waals surface area contributed by atoms with Crippen molar-refractivity contribution in [1.82, 2.24) is 36.8 Å². The number of aromatic hydroxyl groups is 3. The molecule has 32 heteroatoms. The molecule has 14 atom stereocenters. The van der Waals surface area contributed by atoms with E-state index in [1.54, 1.807) is 19.0 Å². The standard InChI is InChI=1S/C60H64Cl2N8O22/c1-21(2)11-32(70(3)4)54(82)68-45-47(76)23-6-9-35(29(61)13-23)89-37-15-25-16-38(52(37)92-60-51(80)50(79)49(78)39(20-71)91-60)90-36-10-7-24(14-30(36)62)48(77)46-58(86)67-44(59(87)88)28-17-26(72)18-34(74)41(28)27-12-22(5-8-33(27)73)42(55(83)69-46)66-56(84)43(25)65-53(81)31(19-40(63)75)64-57(45)85/h5-10,12-18,21,31-32,39,42-51,60,71-74,76-80H,11,19-20H2,1-4H3,(H2,63,75)(H,64,85)(H,65,81)(H,66,84)(H,67,86)(H,68,82)(H,69,83)(H,87,88). The summed E-state index contributed by atoms with van der Waals surface area (Å²) in [7, 11) is 3.19. The topological polar surface area (TPSA) is 477 Å². The predicted octanol–water partition coefficient (Wildman–Crippen LogP) is 0.211. The monoisotopic (exact) mass is 1320 g/mol. The molecule has 18 N–H and O–H groups in total. The Labute approximate surface area is 531 Å². The number of halogens is 2. The number of phenols is 3. The molecular weight excluding hydrogens is 1260 g/mol. The van der Waals surface area contributed by atoms with Crippen LogP contribution in [0.4, 0.5) is 0 Å². The first-order valence-electron chi connectivity index (χ1n) is 28.3. The Morgan fingerprint density at radius 2 is 1.25 bits per heavy atom. The second kappa shape index (κ2) is 27.4. The molecular formula is C60H64Cl2N8O22. The van der Waals surface area contributed by atoms with E-state index in [1.165, 1.54) is 12.1 Å². The smallest absolute Gasteiger partial charge is 0.330 e. The van der Waals surface area contributed by atoms with Gasteiger partial charge in [-0.25, -0.2) is 4.79 Å². The summed E-state index contributed by atoms with van der Waals surface area (Å²) in [5.74, 6) is -15.8. The van der Waals surface area contributed by atoms with E-state index in [0.717, 1.165) is 66.7 Å². The number of hydrogen-bond donors (Lipinski definition) is 17. The van der Waals surface area contributed by atoms with E-state index in [0.29, 0.717) is 0 Å². The lowest BCUT2D eigenvalue weighted by molar-refractivity contribution is -0.277. The molecule has 6 aliphatic heterocycles. The number of aliphatic carboxylic acids is 1. The summed E-state index contributed by atoms with van der Waals surface area (Å²) in [6.07, 6.45) is -14.9. The number of aliphatic hydroxyl groups excluding tert-OH is 6. The molecule has 11 rings (SSSR count). The molecule has 5 aromatic rings. The molecule has 11 bridgehead atoms. The number of aliphatic hydroxyl groups is 6. The maximum absolute atomic E-state index is 15.8. The van der Waals surface area contributed by atoms with Gasteiger partial charge >= 0.3 is 5.97 Å². The van der Waals surface area contributed by atoms with E-state index >= 15 is 14.4 Å². The van der Waals surface area contributed by atoms with Crippen LogP contribution in [0.3, 0.4) is 0 Å². The maximum atomic E-state index is 15.8. The van der Waals surface area contributed by atoms with E-state index in [1.807, 2.05) is 13.8 Å². The highest BCUT2D eigenvalue weighted by Crippen LogP contribution is 2.49. The number of nitrogens with two attached hydrogens (primary N) is 1. The summed E-state index contributed by atoms with van der Waals surface area (Å²) in [4.78, 5) is 117. The number of fused-ring (bicyclic) bond motifs is 15. The number of carboxylic acids is 1. The Kier molecular flexibility index (Phi) is 20.0. The minimum atomic E-state index is -2.31. The molecule has 0 radical (unpaired) electrons. The Bertz CT molecular complexity index is 3760. The van der Waals surface area contributed by atoms with Gasteiger partial charge in [-0.05, 0) is 103 Å². The van der Waals surface area contributed by atoms with Crippen LogP contribution in [-0.4, -0.2) is 179 Å². The van der Waals surface area contributed by atoms with Crippen molar-refractivity contribution in [3.8, 4) is 57.1 Å². The molecule has 7 amide bonds. The van der Waals surface area contributed by atoms with Crippen LogP contribution in [0, 0.1) is 5.92 Å². The van der Waals surface area contributed by atoms with Crippen molar-refractivity contribution in [1.29, 1.82) is 0 Å². The first-order chi connectivity index (χ1) is 43.4. The zero-order valence-corrected chi connectivity index (χ0v) is 50.5. The molecule has 0 spiro atoms. The Morgan fingerprint density at radius 1 is 0.663 bits per heavy atom. The lowest BCUT2D eigenvalue weighted by atomic mass is 9.89. The van der Waals surface area contributed by atoms with Gasteiger partial charge in [-0.2, -0.15) is 0 Å². The van der Waals surface area contributed by atoms with Crippen LogP contribution in [0.25, 0.3) is 11.1 Å². The summed E-state index contributed by atoms with van der Waals surface area (Å²) in [5, 5.41) is 125. The molecule has 6 aliphatic rings. The van der Waals surface area contributed by atoms with E-state index in [4.69, 9.17) is 47.9 Å². The predicted molar refractivity (Wildman–Crippen MR) is 318 cm³/mol. The molecule has 5 aromatic carbocycles. The van der Waals surface area contributed by atoms with Gasteiger partial charge in [0, 0.05) is 22.8 Å². The van der Waals surface area contributed by atoms with Crippen molar-refractivity contribution in [2.75, 3.05) is 20.7 Å². The number of primary amides is 1. The average Bonchev–Trinajstić information content (AvgIpc) is 0.774. The molecule has 14 unspecified atom stereocenters. The van der Waals surface area contributed by atoms with E-state index in [9.17, 15) is 75.0 Å². The summed E-state index contributed by atoms with van der Waals surface area (Å²) < 4.78 is 24.9. The number of carboxylic acid groups (broad SMARTS) is 1. The Morgan fingerprint density at radius 3 is 1.83 bits per heavy atom. The van der Waals surface area contributed by atoms with Crippen LogP contribution < -0.4 is 51.8 Å². The molecule has 6 heterocycles. The quantitative estimate of drug-likeness (QED) is 0.0840. The van der Waals surface area contributed by atoms with E-state index in [-0.39, 0.29) is 45.6 Å². The fraction of sp³-hybridized carbons (Fsp3) is 0.367. The van der Waals surface area contributed by atoms with Gasteiger partial charge in [-0.15, -0.1) is 0 Å². The van der Waals surface area contributed by atoms with E-state index in [2.05, 4.69) is 31.9 Å². The SMILES string of the molecule is CC(C)CC(C(=O)NC1C(=O)NC(CC(N)=O)C(=O)NC2C(=O)NC3C(=O)NC(C(=O)NC(C(=O)O)c4cc(O)cc(O)c4-c4cc3ccc4O)C(O)c3ccc(c(Cl)c3)Oc3cc2cc(c3OC2OC(CO)C(O)C(O)C2O)Oc2ccc(cc2Cl)C1O)N(C)C. The van der Waals surface area contributed by atoms with Gasteiger partial charge in [0.25, 0.3) is 0 Å². The third-order valence-electron chi connectivity index (χ3n) is 15.6. The molecule has 0 aliphatic carbocycles. The van der Waals surface area contributed by atoms with Gasteiger partial charge in [-0.3, -0.25) is 38.5 Å². The molecule has 30 nitrogen and oxygen atoms in total. The van der Waals surface area contributed by atoms with Crippen molar-refractivity contribution in [3.05, 3.63) is 117 Å². The molecule has 0 saturated carbocycles. The van der Waals surface area contributed by atoms with Crippen LogP contribution in [0.1, 0.15) is 84.8 Å². The third-order valence-corrected chi connectivity index (χ3v) is 16.2. The van der Waals surface area contributed by atoms with E-state index < -0.39 is 207 Å². The number of phenolic OH excluding ortho intramolecular Hbond substituents is 3. The molecule has 92 heavy (non-hydrogen) atoms. The number of rotatable bonds is 11. The van der Waals surface area contributed by atoms with Gasteiger partial charge in [0.05, 0.1) is 29.1 Å². The lowest BCUT2D eigenvalue weighted by Crippen LogP contribution is -2.60. The van der Waals surface area contributed by atoms with Crippen LogP contribution in [0.5, 0.6) is 46.0 Å². The first-order valence-corrected chi connectivity index (χ1v) is 29.0. The molecule has 490 valence electrons. The molecule has 1 saturated heterocycles. The van der Waals surface area contributed by atoms with Crippen LogP contribution >= 0.6 is 23.2 Å². The van der Waals surface area contributed by atoms with Gasteiger partial charge in [0.1, 0.15) is 95.6 Å². The number of hydrogen-bond acceptors (Lipinski definition) is 22. The van der Waals surface area contributed by atoms with Crippen molar-refractivity contribution in [3.63, 3.8) is 0 Å². The number of amides is 7. The number of carbonyl (C=O) groups is 8. The van der Waals surface area contributed by atoms with Crippen molar-refractivity contribution in [2.24, 2.45) is 11.7 Å². The van der Waals surface area contributed by atoms with Gasteiger partial charge < -0.3 is 108 Å². The van der Waals surface area contributed by atoms with Crippen molar-refractivity contribution >= 4 is 70.5 Å². The third kappa shape index (κ3) is 14.0. The second-order valence-corrected chi connectivity index (χ2v) is 23.6. The average molecular weight is 1320 g/mol. The second-order valence-electron chi connectivity index (χ2n) is 22.8. The number of likely N-dealkylation sites (N-methyl/N-ethyl adjacent to an activating group) is 1. The lowest BCUT2D eigenvalue weighted by Gasteiger charge is -2.39. The zero-order valence-electron chi connectivity index (χ0n) is 48.9. The normalized spacial score (nSPS) is 26.2. The number of ether oxygens (including phenoxy) is 4. The minimum Gasteiger partial charge on any atom is -0.508 e. The Balaban J connectivity index is 1.32. The number of benzene rings is 5. The van der Waals surface area contributed by atoms with Crippen LogP contribution in [0.15, 0.2) is 78.9 Å². The highest BCUT2D eigenvalue weighted by molar-refractivity contribution is 6.32. The summed E-state index contributed by atoms with van der Waals surface area (Å²) >= 11 is 13.9. The summed E-state index contributed by atoms with van der Waals surface area (Å²) in [6.45, 7) is 2.73. The first kappa shape index (κ1) is 67.3. The van der Waals surface area contributed by atoms with Crippen LogP contribution in [-0.2, 0) is 43.1 Å². The molecule has 1 fully saturated rings. The summed E-state index contributed by atoms with van der Waals surface area (Å²) in [6, 6.07) is -0.522. The fourth-order valence-corrected chi connectivity index (χ4v) is 11.4. The maximum Gasteiger partial charge on any atom is 0.330 e. The van der Waals surface area contributed by atoms with Crippen molar-refractivity contribution in [2.45, 2.75) is 112 Å². The van der Waals surface area contributed by atoms with Gasteiger partial charge in [0.15, 0.2) is 17.5 Å². The molecule has 0 aromatic heterocycles. The summed E-state index contributed by atoms with van der Waals surface area (Å²) in [5.41, 5.74) is 2.93.